The van der Waals surface area contributed by atoms with E-state index in [0.29, 0.717) is 18.7 Å². The molecule has 0 amide bonds. The Balaban J connectivity index is 1.72. The van der Waals surface area contributed by atoms with E-state index in [1.54, 1.807) is 30.0 Å². The normalized spacial score (nSPS) is 16.8. The fourth-order valence-corrected chi connectivity index (χ4v) is 5.26. The molecule has 0 spiro atoms. The molecule has 39 heavy (non-hydrogen) atoms. The first-order valence-corrected chi connectivity index (χ1v) is 13.2. The summed E-state index contributed by atoms with van der Waals surface area (Å²) < 4.78 is 17.9. The Morgan fingerprint density at radius 3 is 2.41 bits per heavy atom. The Hall–Kier alpha value is -3.40. The average Bonchev–Trinajstić information content (AvgIpc) is 3.36. The van der Waals surface area contributed by atoms with Crippen LogP contribution in [0.5, 0.6) is 5.75 Å². The third-order valence-corrected chi connectivity index (χ3v) is 7.11. The second kappa shape index (κ2) is 11.8. The van der Waals surface area contributed by atoms with Crippen LogP contribution in [0.1, 0.15) is 53.9 Å². The number of carbonyl (C=O) groups is 2. The Labute approximate surface area is 229 Å². The number of β-amino-alcohol motifs (C(OH)–C–C–N with tert-alkyl or cyclic N) is 1. The van der Waals surface area contributed by atoms with Gasteiger partial charge >= 0.3 is 12.1 Å². The van der Waals surface area contributed by atoms with Gasteiger partial charge in [0.15, 0.2) is 0 Å². The summed E-state index contributed by atoms with van der Waals surface area (Å²) >= 11 is 0. The molecule has 210 valence electrons. The van der Waals surface area contributed by atoms with Crippen LogP contribution in [0.4, 0.5) is 4.79 Å². The number of rotatable bonds is 7. The molecule has 1 saturated heterocycles. The summed E-state index contributed by atoms with van der Waals surface area (Å²) in [6.07, 6.45) is 1.34. The van der Waals surface area contributed by atoms with Crippen LogP contribution in [0.2, 0.25) is 0 Å². The predicted molar refractivity (Wildman–Crippen MR) is 149 cm³/mol. The zero-order valence-corrected chi connectivity index (χ0v) is 23.7. The van der Waals surface area contributed by atoms with E-state index in [2.05, 4.69) is 9.80 Å². The Kier molecular flexibility index (Phi) is 8.64. The number of benzene rings is 2. The van der Waals surface area contributed by atoms with Gasteiger partial charge in [-0.3, -0.25) is 14.4 Å². The molecule has 2 aromatic carbocycles. The average molecular weight is 538 g/mol. The number of esters is 1. The van der Waals surface area contributed by atoms with Crippen molar-refractivity contribution in [3.63, 3.8) is 0 Å². The molecule has 2 heterocycles. The number of aromatic nitrogens is 1. The largest absolute Gasteiger partial charge is 0.496 e. The molecule has 0 aliphatic carbocycles. The van der Waals surface area contributed by atoms with Gasteiger partial charge in [0.05, 0.1) is 31.9 Å². The van der Waals surface area contributed by atoms with Gasteiger partial charge in [0.1, 0.15) is 11.4 Å². The molecule has 1 unspecified atom stereocenters. The van der Waals surface area contributed by atoms with E-state index in [-0.39, 0.29) is 18.6 Å². The Morgan fingerprint density at radius 1 is 1.08 bits per heavy atom. The van der Waals surface area contributed by atoms with E-state index in [9.17, 15) is 14.7 Å². The lowest BCUT2D eigenvalue weighted by Gasteiger charge is -2.42. The summed E-state index contributed by atoms with van der Waals surface area (Å²) in [5.74, 6) is 0.393. The van der Waals surface area contributed by atoms with Gasteiger partial charge < -0.3 is 19.3 Å². The number of methoxy groups -OCH3 is 2. The number of ether oxygens (including phenoxy) is 3. The third kappa shape index (κ3) is 6.27. The van der Waals surface area contributed by atoms with Gasteiger partial charge in [-0.05, 0) is 63.1 Å². The Bertz CT molecular complexity index is 1330. The number of aliphatic hydroxyl groups excluding tert-OH is 1. The van der Waals surface area contributed by atoms with Crippen molar-refractivity contribution in [3.8, 4) is 5.75 Å². The SMILES string of the molecule is COC(=O)c1ccc(C2CN(CCO)CCN2Cc2c(OC)cc(C)c3c2ccn3C(=O)OC(C)(C)C)cc1. The molecular weight excluding hydrogens is 498 g/mol. The van der Waals surface area contributed by atoms with Gasteiger partial charge in [-0.1, -0.05) is 12.1 Å². The number of nitrogens with zero attached hydrogens (tertiary/aromatic N) is 3. The molecule has 1 aliphatic rings. The smallest absolute Gasteiger partial charge is 0.419 e. The highest BCUT2D eigenvalue weighted by molar-refractivity contribution is 5.95. The molecule has 3 aromatic rings. The quantitative estimate of drug-likeness (QED) is 0.444. The van der Waals surface area contributed by atoms with Crippen LogP contribution in [0.15, 0.2) is 42.6 Å². The minimum Gasteiger partial charge on any atom is -0.496 e. The van der Waals surface area contributed by atoms with Gasteiger partial charge in [-0.15, -0.1) is 0 Å². The molecule has 0 radical (unpaired) electrons. The van der Waals surface area contributed by atoms with Gasteiger partial charge in [-0.25, -0.2) is 9.59 Å². The molecule has 1 aliphatic heterocycles. The third-order valence-electron chi connectivity index (χ3n) is 7.11. The molecule has 1 atom stereocenters. The van der Waals surface area contributed by atoms with E-state index in [1.807, 2.05) is 52.0 Å². The highest BCUT2D eigenvalue weighted by atomic mass is 16.6. The molecule has 4 rings (SSSR count). The lowest BCUT2D eigenvalue weighted by molar-refractivity contribution is 0.0542. The van der Waals surface area contributed by atoms with Crippen LogP contribution in [0.25, 0.3) is 10.9 Å². The lowest BCUT2D eigenvalue weighted by Crippen LogP contribution is -2.48. The number of fused-ring (bicyclic) bond motifs is 1. The van der Waals surface area contributed by atoms with Crippen molar-refractivity contribution in [2.75, 3.05) is 47.0 Å². The fourth-order valence-electron chi connectivity index (χ4n) is 5.26. The van der Waals surface area contributed by atoms with E-state index in [1.165, 1.54) is 7.11 Å². The highest BCUT2D eigenvalue weighted by Gasteiger charge is 2.30. The fraction of sp³-hybridized carbons (Fsp3) is 0.467. The Morgan fingerprint density at radius 2 is 1.79 bits per heavy atom. The first kappa shape index (κ1) is 28.6. The van der Waals surface area contributed by atoms with Crippen LogP contribution in [-0.4, -0.2) is 84.1 Å². The minimum absolute atomic E-state index is 0.0194. The first-order valence-electron chi connectivity index (χ1n) is 13.2. The standard InChI is InChI=1S/C30H39N3O6/c1-20-17-26(37-5)24(23-11-12-33(27(20)23)29(36)39-30(2,3)4)18-32-14-13-31(15-16-34)19-25(32)21-7-9-22(10-8-21)28(35)38-6/h7-12,17,25,34H,13-16,18-19H2,1-6H3. The van der Waals surface area contributed by atoms with Crippen molar-refractivity contribution in [3.05, 3.63) is 64.8 Å². The highest BCUT2D eigenvalue weighted by Crippen LogP contribution is 2.36. The summed E-state index contributed by atoms with van der Waals surface area (Å²) in [6.45, 7) is 11.1. The van der Waals surface area contributed by atoms with Gasteiger partial charge in [0, 0.05) is 55.9 Å². The number of carbonyl (C=O) groups excluding carboxylic acids is 2. The summed E-state index contributed by atoms with van der Waals surface area (Å²) in [6, 6.07) is 11.4. The zero-order chi connectivity index (χ0) is 28.3. The van der Waals surface area contributed by atoms with Crippen LogP contribution in [0.3, 0.4) is 0 Å². The molecule has 0 bridgehead atoms. The first-order chi connectivity index (χ1) is 18.6. The summed E-state index contributed by atoms with van der Waals surface area (Å²) in [5.41, 5.74) is 3.68. The van der Waals surface area contributed by atoms with Crippen molar-refractivity contribution in [1.82, 2.24) is 14.4 Å². The van der Waals surface area contributed by atoms with Gasteiger partial charge in [0.25, 0.3) is 0 Å². The predicted octanol–water partition coefficient (Wildman–Crippen LogP) is 4.38. The summed E-state index contributed by atoms with van der Waals surface area (Å²) in [7, 11) is 3.04. The molecule has 1 fully saturated rings. The maximum atomic E-state index is 13.0. The van der Waals surface area contributed by atoms with Crippen LogP contribution >= 0.6 is 0 Å². The van der Waals surface area contributed by atoms with Crippen molar-refractivity contribution < 1.29 is 28.9 Å². The van der Waals surface area contributed by atoms with Crippen molar-refractivity contribution in [2.24, 2.45) is 0 Å². The molecular formula is C30H39N3O6. The summed E-state index contributed by atoms with van der Waals surface area (Å²) in [4.78, 5) is 29.6. The van der Waals surface area contributed by atoms with Crippen LogP contribution in [0, 0.1) is 6.92 Å². The molecule has 9 heteroatoms. The number of hydrogen-bond acceptors (Lipinski definition) is 8. The van der Waals surface area contributed by atoms with Crippen molar-refractivity contribution in [2.45, 2.75) is 45.9 Å². The number of aliphatic hydroxyl groups is 1. The summed E-state index contributed by atoms with van der Waals surface area (Å²) in [5, 5.41) is 10.5. The van der Waals surface area contributed by atoms with E-state index in [4.69, 9.17) is 14.2 Å². The van der Waals surface area contributed by atoms with Crippen molar-refractivity contribution >= 4 is 23.0 Å². The molecule has 9 nitrogen and oxygen atoms in total. The monoisotopic (exact) mass is 537 g/mol. The molecule has 1 N–H and O–H groups in total. The topological polar surface area (TPSA) is 93.5 Å². The van der Waals surface area contributed by atoms with Crippen LogP contribution in [-0.2, 0) is 16.0 Å². The van der Waals surface area contributed by atoms with Gasteiger partial charge in [-0.2, -0.15) is 0 Å². The van der Waals surface area contributed by atoms with E-state index in [0.717, 1.165) is 53.0 Å². The number of hydrogen-bond donors (Lipinski definition) is 1. The lowest BCUT2D eigenvalue weighted by atomic mass is 9.98. The number of aryl methyl sites for hydroxylation is 1. The second-order valence-corrected chi connectivity index (χ2v) is 10.9. The molecule has 0 saturated carbocycles. The van der Waals surface area contributed by atoms with Crippen LogP contribution < -0.4 is 4.74 Å². The number of piperazine rings is 1. The maximum absolute atomic E-state index is 13.0. The van der Waals surface area contributed by atoms with E-state index < -0.39 is 11.7 Å². The van der Waals surface area contributed by atoms with E-state index >= 15 is 0 Å². The maximum Gasteiger partial charge on any atom is 0.419 e. The van der Waals surface area contributed by atoms with Crippen molar-refractivity contribution in [1.29, 1.82) is 0 Å². The van der Waals surface area contributed by atoms with Gasteiger partial charge in [0.2, 0.25) is 0 Å². The zero-order valence-electron chi connectivity index (χ0n) is 23.7. The molecule has 1 aromatic heterocycles. The minimum atomic E-state index is -0.609. The second-order valence-electron chi connectivity index (χ2n) is 10.9.